The second kappa shape index (κ2) is 9.40. The van der Waals surface area contributed by atoms with Crippen LogP contribution >= 0.6 is 22.9 Å². The first-order valence-electron chi connectivity index (χ1n) is 9.08. The Morgan fingerprint density at radius 1 is 1.27 bits per heavy atom. The van der Waals surface area contributed by atoms with E-state index < -0.39 is 0 Å². The lowest BCUT2D eigenvalue weighted by molar-refractivity contribution is 0.0934. The van der Waals surface area contributed by atoms with Gasteiger partial charge in [-0.1, -0.05) is 30.5 Å². The largest absolute Gasteiger partial charge is 0.495 e. The van der Waals surface area contributed by atoms with Crippen molar-refractivity contribution < 1.29 is 9.53 Å². The van der Waals surface area contributed by atoms with Gasteiger partial charge in [0, 0.05) is 17.0 Å². The number of nitrogens with zero attached hydrogens (tertiary/aromatic N) is 1. The summed E-state index contributed by atoms with van der Waals surface area (Å²) < 4.78 is 5.15. The number of likely N-dealkylation sites (tertiary alicyclic amines) is 1. The lowest BCUT2D eigenvalue weighted by atomic mass is 10.1. The van der Waals surface area contributed by atoms with Crippen LogP contribution in [-0.2, 0) is 0 Å². The molecule has 0 spiro atoms. The van der Waals surface area contributed by atoms with E-state index in [-0.39, 0.29) is 11.9 Å². The third-order valence-corrected chi connectivity index (χ3v) is 6.09. The summed E-state index contributed by atoms with van der Waals surface area (Å²) in [5, 5.41) is 5.65. The number of carbonyl (C=O) groups is 1. The van der Waals surface area contributed by atoms with Gasteiger partial charge in [0.1, 0.15) is 5.75 Å². The lowest BCUT2D eigenvalue weighted by Crippen LogP contribution is -2.38. The molecule has 1 aliphatic heterocycles. The van der Waals surface area contributed by atoms with Gasteiger partial charge in [-0.15, -0.1) is 11.3 Å². The van der Waals surface area contributed by atoms with Crippen molar-refractivity contribution >= 4 is 28.8 Å². The fourth-order valence-corrected chi connectivity index (χ4v) is 4.51. The number of ether oxygens (including phenoxy) is 1. The second-order valence-electron chi connectivity index (χ2n) is 6.54. The predicted molar refractivity (Wildman–Crippen MR) is 107 cm³/mol. The summed E-state index contributed by atoms with van der Waals surface area (Å²) in [6.07, 6.45) is 5.04. The van der Waals surface area contributed by atoms with E-state index in [1.54, 1.807) is 36.6 Å². The molecule has 26 heavy (non-hydrogen) atoms. The van der Waals surface area contributed by atoms with Crippen LogP contribution in [0.25, 0.3) is 0 Å². The highest BCUT2D eigenvalue weighted by molar-refractivity contribution is 7.10. The maximum atomic E-state index is 12.6. The Balaban J connectivity index is 1.69. The number of thiophene rings is 1. The quantitative estimate of drug-likeness (QED) is 0.770. The summed E-state index contributed by atoms with van der Waals surface area (Å²) in [6.45, 7) is 2.78. The number of carbonyl (C=O) groups excluding carboxylic acids is 1. The first-order chi connectivity index (χ1) is 12.7. The van der Waals surface area contributed by atoms with Gasteiger partial charge in [-0.05, 0) is 55.6 Å². The van der Waals surface area contributed by atoms with Crippen LogP contribution in [0.5, 0.6) is 5.75 Å². The lowest BCUT2D eigenvalue weighted by Gasteiger charge is -2.30. The van der Waals surface area contributed by atoms with Crippen LogP contribution in [0.4, 0.5) is 0 Å². The van der Waals surface area contributed by atoms with Gasteiger partial charge < -0.3 is 10.1 Å². The standard InChI is InChI=1S/C20H25ClN2O2S/c1-25-18-9-8-15(13-16(18)21)20(24)22-14-17(19-7-6-12-26-19)23-10-4-2-3-5-11-23/h6-9,12-13,17H,2-5,10-11,14H2,1H3,(H,22,24)/t17-/m0/s1. The van der Waals surface area contributed by atoms with Crippen molar-refractivity contribution in [2.45, 2.75) is 31.7 Å². The van der Waals surface area contributed by atoms with Crippen molar-refractivity contribution in [1.29, 1.82) is 0 Å². The normalized spacial score (nSPS) is 16.7. The van der Waals surface area contributed by atoms with Gasteiger partial charge in [-0.3, -0.25) is 9.69 Å². The highest BCUT2D eigenvalue weighted by Gasteiger charge is 2.23. The zero-order chi connectivity index (χ0) is 18.4. The average Bonchev–Trinajstić information content (AvgIpc) is 3.04. The van der Waals surface area contributed by atoms with Crippen LogP contribution < -0.4 is 10.1 Å². The molecule has 1 aliphatic rings. The Morgan fingerprint density at radius 2 is 2.04 bits per heavy atom. The first-order valence-corrected chi connectivity index (χ1v) is 10.3. The molecule has 1 atom stereocenters. The number of methoxy groups -OCH3 is 1. The number of nitrogens with one attached hydrogen (secondary N) is 1. The molecule has 0 bridgehead atoms. The van der Waals surface area contributed by atoms with Crippen molar-refractivity contribution in [3.63, 3.8) is 0 Å². The van der Waals surface area contributed by atoms with Crippen LogP contribution in [-0.4, -0.2) is 37.6 Å². The van der Waals surface area contributed by atoms with E-state index in [0.29, 0.717) is 22.9 Å². The minimum Gasteiger partial charge on any atom is -0.495 e. The molecule has 1 fully saturated rings. The third-order valence-electron chi connectivity index (χ3n) is 4.82. The van der Waals surface area contributed by atoms with Gasteiger partial charge in [-0.2, -0.15) is 0 Å². The number of hydrogen-bond acceptors (Lipinski definition) is 4. The molecular weight excluding hydrogens is 368 g/mol. The average molecular weight is 393 g/mol. The minimum absolute atomic E-state index is 0.106. The maximum Gasteiger partial charge on any atom is 0.251 e. The van der Waals surface area contributed by atoms with Crippen molar-refractivity contribution in [2.24, 2.45) is 0 Å². The highest BCUT2D eigenvalue weighted by Crippen LogP contribution is 2.28. The van der Waals surface area contributed by atoms with Crippen molar-refractivity contribution in [3.05, 3.63) is 51.2 Å². The first kappa shape index (κ1) is 19.2. The van der Waals surface area contributed by atoms with E-state index in [1.807, 2.05) is 0 Å². The van der Waals surface area contributed by atoms with E-state index in [0.717, 1.165) is 13.1 Å². The van der Waals surface area contributed by atoms with Gasteiger partial charge in [0.15, 0.2) is 0 Å². The summed E-state index contributed by atoms with van der Waals surface area (Å²) in [5.41, 5.74) is 0.552. The number of amides is 1. The minimum atomic E-state index is -0.106. The molecular formula is C20H25ClN2O2S. The second-order valence-corrected chi connectivity index (χ2v) is 7.93. The molecule has 1 amide bonds. The molecule has 1 aromatic carbocycles. The van der Waals surface area contributed by atoms with Gasteiger partial charge in [0.2, 0.25) is 0 Å². The van der Waals surface area contributed by atoms with E-state index in [2.05, 4.69) is 27.7 Å². The summed E-state index contributed by atoms with van der Waals surface area (Å²) in [5.74, 6) is 0.468. The summed E-state index contributed by atoms with van der Waals surface area (Å²) in [4.78, 5) is 16.4. The van der Waals surface area contributed by atoms with Gasteiger partial charge >= 0.3 is 0 Å². The molecule has 2 heterocycles. The highest BCUT2D eigenvalue weighted by atomic mass is 35.5. The van der Waals surface area contributed by atoms with Crippen molar-refractivity contribution in [3.8, 4) is 5.75 Å². The molecule has 2 aromatic rings. The molecule has 1 aromatic heterocycles. The van der Waals surface area contributed by atoms with Gasteiger partial charge in [0.25, 0.3) is 5.91 Å². The Kier molecular flexibility index (Phi) is 6.94. The van der Waals surface area contributed by atoms with Crippen molar-refractivity contribution in [2.75, 3.05) is 26.7 Å². The Bertz CT molecular complexity index is 713. The Morgan fingerprint density at radius 3 is 2.65 bits per heavy atom. The molecule has 1 N–H and O–H groups in total. The van der Waals surface area contributed by atoms with Crippen molar-refractivity contribution in [1.82, 2.24) is 10.2 Å². The van der Waals surface area contributed by atoms with E-state index >= 15 is 0 Å². The van der Waals surface area contributed by atoms with Crippen LogP contribution in [0.1, 0.15) is 47.0 Å². The Hall–Kier alpha value is -1.56. The molecule has 6 heteroatoms. The van der Waals surface area contributed by atoms with E-state index in [9.17, 15) is 4.79 Å². The van der Waals surface area contributed by atoms with Gasteiger partial charge in [-0.25, -0.2) is 0 Å². The molecule has 140 valence electrons. The molecule has 3 rings (SSSR count). The Labute approximate surface area is 164 Å². The van der Waals surface area contributed by atoms with Crippen LogP contribution in [0.2, 0.25) is 5.02 Å². The number of rotatable bonds is 6. The van der Waals surface area contributed by atoms with E-state index in [1.165, 1.54) is 30.6 Å². The maximum absolute atomic E-state index is 12.6. The summed E-state index contributed by atoms with van der Waals surface area (Å²) in [6, 6.07) is 9.59. The molecule has 4 nitrogen and oxygen atoms in total. The number of halogens is 1. The number of benzene rings is 1. The summed E-state index contributed by atoms with van der Waals surface area (Å²) in [7, 11) is 1.56. The monoisotopic (exact) mass is 392 g/mol. The number of hydrogen-bond donors (Lipinski definition) is 1. The van der Waals surface area contributed by atoms with Crippen LogP contribution in [0.3, 0.4) is 0 Å². The molecule has 0 radical (unpaired) electrons. The van der Waals surface area contributed by atoms with Crippen LogP contribution in [0.15, 0.2) is 35.7 Å². The smallest absolute Gasteiger partial charge is 0.251 e. The fraction of sp³-hybridized carbons (Fsp3) is 0.450. The van der Waals surface area contributed by atoms with Gasteiger partial charge in [0.05, 0.1) is 18.2 Å². The van der Waals surface area contributed by atoms with E-state index in [4.69, 9.17) is 16.3 Å². The molecule has 0 unspecified atom stereocenters. The third kappa shape index (κ3) is 4.78. The zero-order valence-electron chi connectivity index (χ0n) is 15.0. The fourth-order valence-electron chi connectivity index (χ4n) is 3.40. The summed E-state index contributed by atoms with van der Waals surface area (Å²) >= 11 is 7.90. The zero-order valence-corrected chi connectivity index (χ0v) is 16.6. The molecule has 0 aliphatic carbocycles. The molecule has 0 saturated carbocycles. The predicted octanol–water partition coefficient (Wildman–Crippen LogP) is 4.76. The molecule has 1 saturated heterocycles. The topological polar surface area (TPSA) is 41.6 Å². The SMILES string of the molecule is COc1ccc(C(=O)NC[C@@H](c2cccs2)N2CCCCCC2)cc1Cl. The van der Waals surface area contributed by atoms with Crippen LogP contribution in [0, 0.1) is 0 Å².